The molecule has 1 fully saturated rings. The van der Waals surface area contributed by atoms with Gasteiger partial charge in [-0.05, 0) is 59.9 Å². The van der Waals surface area contributed by atoms with Gasteiger partial charge >= 0.3 is 0 Å². The van der Waals surface area contributed by atoms with Gasteiger partial charge in [0.05, 0.1) is 3.79 Å². The van der Waals surface area contributed by atoms with Crippen LogP contribution in [-0.2, 0) is 6.54 Å². The van der Waals surface area contributed by atoms with Gasteiger partial charge in [0.2, 0.25) is 0 Å². The van der Waals surface area contributed by atoms with Crippen molar-refractivity contribution in [2.45, 2.75) is 31.1 Å². The second-order valence-electron chi connectivity index (χ2n) is 4.50. The summed E-state index contributed by atoms with van der Waals surface area (Å²) in [4.78, 5) is 4.71. The van der Waals surface area contributed by atoms with E-state index in [1.165, 1.54) is 34.6 Å². The monoisotopic (exact) mass is 365 g/mol. The van der Waals surface area contributed by atoms with Crippen LogP contribution in [0.1, 0.15) is 24.6 Å². The molecule has 1 saturated heterocycles. The lowest BCUT2D eigenvalue weighted by molar-refractivity contribution is 0.179. The fourth-order valence-electron chi connectivity index (χ4n) is 2.23. The standard InChI is InChI=1S/C12H17Br2NS/c1-9(13)10-4-6-15(7-5-10)8-11-2-3-12(14)16-11/h2-3,9-10H,4-8H2,1H3. The molecule has 0 spiro atoms. The van der Waals surface area contributed by atoms with Crippen molar-refractivity contribution in [1.82, 2.24) is 4.90 Å². The minimum absolute atomic E-state index is 0.672. The smallest absolute Gasteiger partial charge is 0.0701 e. The Bertz CT molecular complexity index is 330. The maximum atomic E-state index is 3.70. The van der Waals surface area contributed by atoms with Gasteiger partial charge in [0.25, 0.3) is 0 Å². The van der Waals surface area contributed by atoms with Crippen molar-refractivity contribution in [2.75, 3.05) is 13.1 Å². The molecule has 0 N–H and O–H groups in total. The lowest BCUT2D eigenvalue weighted by atomic mass is 9.94. The van der Waals surface area contributed by atoms with Crippen LogP contribution < -0.4 is 0 Å². The summed E-state index contributed by atoms with van der Waals surface area (Å²) >= 11 is 9.08. The number of alkyl halides is 1. The first-order valence-corrected chi connectivity index (χ1v) is 8.28. The zero-order valence-corrected chi connectivity index (χ0v) is 13.4. The highest BCUT2D eigenvalue weighted by atomic mass is 79.9. The molecule has 4 heteroatoms. The Morgan fingerprint density at radius 3 is 2.62 bits per heavy atom. The van der Waals surface area contributed by atoms with Crippen molar-refractivity contribution in [3.63, 3.8) is 0 Å². The van der Waals surface area contributed by atoms with E-state index in [2.05, 4.69) is 55.8 Å². The molecular weight excluding hydrogens is 350 g/mol. The third kappa shape index (κ3) is 3.56. The van der Waals surface area contributed by atoms with Crippen molar-refractivity contribution >= 4 is 43.2 Å². The fourth-order valence-corrected chi connectivity index (χ4v) is 4.28. The van der Waals surface area contributed by atoms with Crippen LogP contribution in [0.25, 0.3) is 0 Å². The van der Waals surface area contributed by atoms with E-state index in [1.807, 2.05) is 11.3 Å². The Balaban J connectivity index is 1.81. The van der Waals surface area contributed by atoms with Crippen LogP contribution in [0, 0.1) is 5.92 Å². The Morgan fingerprint density at radius 1 is 1.44 bits per heavy atom. The fraction of sp³-hybridized carbons (Fsp3) is 0.667. The predicted molar refractivity (Wildman–Crippen MR) is 78.4 cm³/mol. The highest BCUT2D eigenvalue weighted by Crippen LogP contribution is 2.28. The molecular formula is C12H17Br2NS. The van der Waals surface area contributed by atoms with Crippen molar-refractivity contribution in [2.24, 2.45) is 5.92 Å². The minimum Gasteiger partial charge on any atom is -0.298 e. The van der Waals surface area contributed by atoms with Gasteiger partial charge in [0.1, 0.15) is 0 Å². The number of nitrogens with zero attached hydrogens (tertiary/aromatic N) is 1. The van der Waals surface area contributed by atoms with E-state index in [4.69, 9.17) is 0 Å². The molecule has 0 aliphatic carbocycles. The molecule has 0 radical (unpaired) electrons. The van der Waals surface area contributed by atoms with Crippen molar-refractivity contribution < 1.29 is 0 Å². The van der Waals surface area contributed by atoms with Crippen molar-refractivity contribution in [1.29, 1.82) is 0 Å². The molecule has 1 aliphatic rings. The molecule has 2 heterocycles. The van der Waals surface area contributed by atoms with Crippen LogP contribution in [-0.4, -0.2) is 22.8 Å². The summed E-state index contributed by atoms with van der Waals surface area (Å²) in [6.45, 7) is 5.89. The first-order valence-electron chi connectivity index (χ1n) is 5.76. The summed E-state index contributed by atoms with van der Waals surface area (Å²) in [5.74, 6) is 0.867. The molecule has 1 aromatic heterocycles. The van der Waals surface area contributed by atoms with Gasteiger partial charge in [0, 0.05) is 16.2 Å². The normalized spacial score (nSPS) is 21.2. The Morgan fingerprint density at radius 2 is 2.12 bits per heavy atom. The molecule has 1 atom stereocenters. The van der Waals surface area contributed by atoms with Crippen LogP contribution in [0.2, 0.25) is 0 Å². The quantitative estimate of drug-likeness (QED) is 0.711. The van der Waals surface area contributed by atoms with E-state index in [-0.39, 0.29) is 0 Å². The van der Waals surface area contributed by atoms with Crippen LogP contribution in [0.5, 0.6) is 0 Å². The molecule has 16 heavy (non-hydrogen) atoms. The van der Waals surface area contributed by atoms with E-state index in [0.29, 0.717) is 4.83 Å². The van der Waals surface area contributed by atoms with Gasteiger partial charge in [-0.1, -0.05) is 22.9 Å². The summed E-state index contributed by atoms with van der Waals surface area (Å²) in [6.07, 6.45) is 2.66. The summed E-state index contributed by atoms with van der Waals surface area (Å²) in [5, 5.41) is 0. The molecule has 90 valence electrons. The van der Waals surface area contributed by atoms with Gasteiger partial charge in [-0.15, -0.1) is 11.3 Å². The van der Waals surface area contributed by atoms with E-state index < -0.39 is 0 Å². The lowest BCUT2D eigenvalue weighted by Crippen LogP contribution is -2.35. The van der Waals surface area contributed by atoms with E-state index >= 15 is 0 Å². The Labute approximate surface area is 118 Å². The zero-order valence-electron chi connectivity index (χ0n) is 9.46. The van der Waals surface area contributed by atoms with E-state index in [1.54, 1.807) is 0 Å². The van der Waals surface area contributed by atoms with Crippen molar-refractivity contribution in [3.05, 3.63) is 20.8 Å². The predicted octanol–water partition coefficient (Wildman–Crippen LogP) is 4.51. The molecule has 1 aromatic rings. The first kappa shape index (κ1) is 13.1. The second kappa shape index (κ2) is 5.98. The molecule has 0 amide bonds. The van der Waals surface area contributed by atoms with Crippen LogP contribution in [0.15, 0.2) is 15.9 Å². The highest BCUT2D eigenvalue weighted by molar-refractivity contribution is 9.11. The van der Waals surface area contributed by atoms with Gasteiger partial charge in [-0.2, -0.15) is 0 Å². The molecule has 1 unspecified atom stereocenters. The molecule has 2 rings (SSSR count). The third-order valence-electron chi connectivity index (χ3n) is 3.29. The van der Waals surface area contributed by atoms with Gasteiger partial charge in [0.15, 0.2) is 0 Å². The minimum atomic E-state index is 0.672. The first-order chi connectivity index (χ1) is 7.65. The average Bonchev–Trinajstić information content (AvgIpc) is 2.65. The number of rotatable bonds is 3. The Kier molecular flexibility index (Phi) is 4.89. The van der Waals surface area contributed by atoms with Crippen molar-refractivity contribution in [3.8, 4) is 0 Å². The van der Waals surface area contributed by atoms with Crippen LogP contribution in [0.3, 0.4) is 0 Å². The number of halogens is 2. The SMILES string of the molecule is CC(Br)C1CCN(Cc2ccc(Br)s2)CC1. The van der Waals surface area contributed by atoms with E-state index in [9.17, 15) is 0 Å². The summed E-state index contributed by atoms with van der Waals surface area (Å²) < 4.78 is 1.24. The lowest BCUT2D eigenvalue weighted by Gasteiger charge is -2.32. The number of hydrogen-bond acceptors (Lipinski definition) is 2. The second-order valence-corrected chi connectivity index (χ2v) is 8.49. The number of likely N-dealkylation sites (tertiary alicyclic amines) is 1. The van der Waals surface area contributed by atoms with E-state index in [0.717, 1.165) is 12.5 Å². The Hall–Kier alpha value is 0.620. The largest absolute Gasteiger partial charge is 0.298 e. The summed E-state index contributed by atoms with van der Waals surface area (Å²) in [7, 11) is 0. The number of hydrogen-bond donors (Lipinski definition) is 0. The van der Waals surface area contributed by atoms with Crippen LogP contribution in [0.4, 0.5) is 0 Å². The zero-order chi connectivity index (χ0) is 11.5. The highest BCUT2D eigenvalue weighted by Gasteiger charge is 2.22. The van der Waals surface area contributed by atoms with Gasteiger partial charge in [-0.25, -0.2) is 0 Å². The maximum Gasteiger partial charge on any atom is 0.0701 e. The molecule has 0 bridgehead atoms. The van der Waals surface area contributed by atoms with Gasteiger partial charge in [-0.3, -0.25) is 4.90 Å². The number of piperidine rings is 1. The third-order valence-corrected chi connectivity index (χ3v) is 5.65. The van der Waals surface area contributed by atoms with Crippen LogP contribution >= 0.6 is 43.2 Å². The molecule has 1 nitrogen and oxygen atoms in total. The number of thiophene rings is 1. The summed E-state index contributed by atoms with van der Waals surface area (Å²) in [5.41, 5.74) is 0. The maximum absolute atomic E-state index is 3.70. The molecule has 0 saturated carbocycles. The topological polar surface area (TPSA) is 3.24 Å². The summed E-state index contributed by atoms with van der Waals surface area (Å²) in [6, 6.07) is 4.38. The average molecular weight is 367 g/mol. The molecule has 0 aromatic carbocycles. The van der Waals surface area contributed by atoms with Gasteiger partial charge < -0.3 is 0 Å². The molecule has 1 aliphatic heterocycles.